The molecule has 0 aromatic heterocycles. The highest BCUT2D eigenvalue weighted by Crippen LogP contribution is 2.31. The second kappa shape index (κ2) is 18.4. The zero-order valence-corrected chi connectivity index (χ0v) is 26.7. The molecule has 0 radical (unpaired) electrons. The van der Waals surface area contributed by atoms with Crippen molar-refractivity contribution in [2.75, 3.05) is 25.6 Å². The summed E-state index contributed by atoms with van der Waals surface area (Å²) in [5.41, 5.74) is 6.76. The van der Waals surface area contributed by atoms with Crippen LogP contribution in [0.25, 0.3) is 0 Å². The highest BCUT2D eigenvalue weighted by molar-refractivity contribution is 5.92. The molecule has 5 atom stereocenters. The van der Waals surface area contributed by atoms with Crippen LogP contribution in [0.2, 0.25) is 0 Å². The second-order valence-corrected chi connectivity index (χ2v) is 12.8. The summed E-state index contributed by atoms with van der Waals surface area (Å²) in [4.78, 5) is 26.3. The molecule has 0 saturated heterocycles. The monoisotopic (exact) mass is 593 g/mol. The van der Waals surface area contributed by atoms with Gasteiger partial charge in [0.05, 0.1) is 18.4 Å². The number of methoxy groups -OCH3 is 1. The fourth-order valence-corrected chi connectivity index (χ4v) is 5.87. The summed E-state index contributed by atoms with van der Waals surface area (Å²) in [7, 11) is 1.59. The molecule has 1 aromatic rings. The number of carbonyl (C=O) groups is 2. The highest BCUT2D eigenvalue weighted by atomic mass is 19.1. The first kappa shape index (κ1) is 36.0. The number of para-hydroxylation sites is 1. The van der Waals surface area contributed by atoms with Gasteiger partial charge in [-0.3, -0.25) is 9.59 Å². The lowest BCUT2D eigenvalue weighted by Crippen LogP contribution is -2.46. The summed E-state index contributed by atoms with van der Waals surface area (Å²) in [5, 5.41) is 17.1. The second-order valence-electron chi connectivity index (χ2n) is 12.8. The molecule has 2 amide bonds. The van der Waals surface area contributed by atoms with E-state index in [9.17, 15) is 19.1 Å². The molecule has 2 rings (SSSR count). The summed E-state index contributed by atoms with van der Waals surface area (Å²) >= 11 is 0. The van der Waals surface area contributed by atoms with E-state index in [2.05, 4.69) is 17.6 Å². The van der Waals surface area contributed by atoms with Gasteiger partial charge in [0.25, 0.3) is 0 Å². The predicted molar refractivity (Wildman–Crippen MR) is 166 cm³/mol. The average Bonchev–Trinajstić information content (AvgIpc) is 2.94. The summed E-state index contributed by atoms with van der Waals surface area (Å²) in [6, 6.07) is 3.95. The molecule has 1 fully saturated rings. The number of nitrogens with one attached hydrogen (secondary N) is 2. The van der Waals surface area contributed by atoms with Crippen LogP contribution in [-0.2, 0) is 14.3 Å². The first-order valence-corrected chi connectivity index (χ1v) is 15.9. The molecule has 1 aliphatic carbocycles. The fourth-order valence-electron chi connectivity index (χ4n) is 5.87. The first-order valence-electron chi connectivity index (χ1n) is 15.9. The van der Waals surface area contributed by atoms with Crippen LogP contribution in [0, 0.1) is 35.4 Å². The maximum Gasteiger partial charge on any atom is 0.224 e. The van der Waals surface area contributed by atoms with Gasteiger partial charge in [-0.1, -0.05) is 53.0 Å². The Kier molecular flexibility index (Phi) is 15.8. The molecule has 240 valence electrons. The van der Waals surface area contributed by atoms with Gasteiger partial charge in [0.1, 0.15) is 0 Å². The number of ether oxygens (including phenoxy) is 2. The van der Waals surface area contributed by atoms with E-state index in [0.29, 0.717) is 25.4 Å². The lowest BCUT2D eigenvalue weighted by Gasteiger charge is -2.32. The van der Waals surface area contributed by atoms with Crippen molar-refractivity contribution < 1.29 is 28.6 Å². The lowest BCUT2D eigenvalue weighted by molar-refractivity contribution is -0.128. The Bertz CT molecular complexity index is 954. The summed E-state index contributed by atoms with van der Waals surface area (Å²) in [6.45, 7) is 10.9. The number of rotatable bonds is 18. The number of hydrogen-bond donors (Lipinski definition) is 4. The van der Waals surface area contributed by atoms with Crippen molar-refractivity contribution in [3.63, 3.8) is 0 Å². The van der Waals surface area contributed by atoms with Crippen LogP contribution >= 0.6 is 0 Å². The molecule has 0 bridgehead atoms. The zero-order valence-electron chi connectivity index (χ0n) is 26.7. The van der Waals surface area contributed by atoms with Crippen molar-refractivity contribution in [1.29, 1.82) is 0 Å². The van der Waals surface area contributed by atoms with Crippen molar-refractivity contribution in [2.24, 2.45) is 35.3 Å². The number of anilines is 1. The minimum absolute atomic E-state index is 0.00554. The van der Waals surface area contributed by atoms with Crippen LogP contribution in [0.1, 0.15) is 92.4 Å². The van der Waals surface area contributed by atoms with E-state index in [4.69, 9.17) is 15.2 Å². The Morgan fingerprint density at radius 1 is 1.05 bits per heavy atom. The molecule has 1 saturated carbocycles. The number of halogens is 1. The maximum absolute atomic E-state index is 14.5. The maximum atomic E-state index is 14.5. The van der Waals surface area contributed by atoms with E-state index in [-0.39, 0.29) is 72.4 Å². The number of carbonyl (C=O) groups excluding carboxylic acids is 2. The molecule has 0 spiro atoms. The molecule has 0 aliphatic heterocycles. The van der Waals surface area contributed by atoms with Crippen LogP contribution < -0.4 is 21.1 Å². The number of nitrogens with two attached hydrogens (primary N) is 1. The van der Waals surface area contributed by atoms with E-state index in [1.54, 1.807) is 13.2 Å². The topological polar surface area (TPSA) is 123 Å². The van der Waals surface area contributed by atoms with E-state index < -0.39 is 18.0 Å². The normalized spacial score (nSPS) is 17.9. The van der Waals surface area contributed by atoms with Gasteiger partial charge in [0, 0.05) is 44.6 Å². The fraction of sp³-hybridized carbons (Fsp3) is 0.758. The third kappa shape index (κ3) is 11.8. The quantitative estimate of drug-likeness (QED) is 0.163. The van der Waals surface area contributed by atoms with Gasteiger partial charge >= 0.3 is 0 Å². The molecular formula is C33H56FN3O5. The Morgan fingerprint density at radius 3 is 2.36 bits per heavy atom. The van der Waals surface area contributed by atoms with Crippen LogP contribution in [0.5, 0.6) is 5.75 Å². The molecule has 42 heavy (non-hydrogen) atoms. The van der Waals surface area contributed by atoms with Crippen LogP contribution in [0.3, 0.4) is 0 Å². The molecule has 8 nitrogen and oxygen atoms in total. The predicted octanol–water partition coefficient (Wildman–Crippen LogP) is 5.67. The van der Waals surface area contributed by atoms with Gasteiger partial charge in [-0.2, -0.15) is 0 Å². The van der Waals surface area contributed by atoms with Gasteiger partial charge in [0.2, 0.25) is 11.8 Å². The van der Waals surface area contributed by atoms with E-state index >= 15 is 0 Å². The minimum Gasteiger partial charge on any atom is -0.488 e. The highest BCUT2D eigenvalue weighted by Gasteiger charge is 2.32. The van der Waals surface area contributed by atoms with Crippen molar-refractivity contribution in [3.8, 4) is 5.75 Å². The van der Waals surface area contributed by atoms with Gasteiger partial charge in [0.15, 0.2) is 11.6 Å². The third-order valence-electron chi connectivity index (χ3n) is 8.80. The molecule has 5 N–H and O–H groups in total. The number of hydrogen-bond acceptors (Lipinski definition) is 6. The van der Waals surface area contributed by atoms with Crippen molar-refractivity contribution in [1.82, 2.24) is 5.32 Å². The standard InChI is InChI=1S/C33H56FN3O5/c1-21(2)25(19-31(39)37-29-15-10-14-27(34)32(29)42-17-11-16-41-6)18-28(35)30(38)20-26(22(3)4)33(40)36-23(5)24-12-8-7-9-13-24/h10,14-15,21-26,28,30,38H,7-9,11-13,16-20,35H2,1-6H3,(H,36,40)(H,37,39)/t23-,25+,26-,28-,30-/m0/s1. The van der Waals surface area contributed by atoms with Gasteiger partial charge in [-0.15, -0.1) is 0 Å². The Morgan fingerprint density at radius 2 is 1.74 bits per heavy atom. The van der Waals surface area contributed by atoms with E-state index in [1.165, 1.54) is 31.4 Å². The number of aliphatic hydroxyl groups excluding tert-OH is 1. The van der Waals surface area contributed by atoms with Crippen molar-refractivity contribution >= 4 is 17.5 Å². The first-order chi connectivity index (χ1) is 19.9. The number of amides is 2. The van der Waals surface area contributed by atoms with E-state index in [0.717, 1.165) is 12.8 Å². The minimum atomic E-state index is -0.882. The Hall–Kier alpha value is -2.23. The van der Waals surface area contributed by atoms with Crippen LogP contribution in [0.15, 0.2) is 18.2 Å². The van der Waals surface area contributed by atoms with Crippen molar-refractivity contribution in [2.45, 2.75) is 111 Å². The Balaban J connectivity index is 1.97. The number of benzene rings is 1. The van der Waals surface area contributed by atoms with Gasteiger partial charge in [-0.05, 0) is 68.4 Å². The molecular weight excluding hydrogens is 537 g/mol. The third-order valence-corrected chi connectivity index (χ3v) is 8.80. The summed E-state index contributed by atoms with van der Waals surface area (Å²) in [6.07, 6.45) is 6.54. The summed E-state index contributed by atoms with van der Waals surface area (Å²) < 4.78 is 25.1. The van der Waals surface area contributed by atoms with Crippen LogP contribution in [-0.4, -0.2) is 55.4 Å². The summed E-state index contributed by atoms with van der Waals surface area (Å²) in [5.74, 6) is -0.644. The van der Waals surface area contributed by atoms with Gasteiger partial charge in [-0.25, -0.2) is 4.39 Å². The number of aliphatic hydroxyl groups is 1. The molecule has 0 heterocycles. The molecule has 1 aromatic carbocycles. The van der Waals surface area contributed by atoms with Crippen molar-refractivity contribution in [3.05, 3.63) is 24.0 Å². The molecule has 9 heteroatoms. The molecule has 0 unspecified atom stereocenters. The van der Waals surface area contributed by atoms with Gasteiger partial charge < -0.3 is 30.9 Å². The molecule has 1 aliphatic rings. The van der Waals surface area contributed by atoms with E-state index in [1.807, 2.05) is 27.7 Å². The average molecular weight is 594 g/mol. The lowest BCUT2D eigenvalue weighted by atomic mass is 9.81. The van der Waals surface area contributed by atoms with Crippen LogP contribution in [0.4, 0.5) is 10.1 Å². The smallest absolute Gasteiger partial charge is 0.224 e. The zero-order chi connectivity index (χ0) is 31.2. The SMILES string of the molecule is COCCCOc1c(F)cccc1NC(=O)C[C@@H](C[C@H](N)[C@@H](O)C[C@H](C(=O)N[C@@H](C)C1CCCCC1)C(C)C)C(C)C. The Labute approximate surface area is 252 Å². The largest absolute Gasteiger partial charge is 0.488 e.